The standard InChI is InChI=1S/C23H35NO6.C13H25NO4.C10H12O3.CH4.6H2/c1-16(19(25)28-15-17-12-10-9-11-13-17)29-20(26)18(14-22(2,3)4)24(8)21(27)30-23(5,6)7;1-12(2,3)8-9(10(15)16)14(7)11(17)18-13(4,5)6;1-8(11)10(12)13-7-9-5-3-2-4-6-9;;;;;;;/h9-13,16,18H,14-15H2,1-8H3;9H,8H2,1-7H3,(H,15,16);2-6,8,11H,7H2,1H3;1H4;6*1H/t16-,18+;9-;8-;;;;;;;/m100......./s1/i;;;;5*1+1D;1+1. The molecule has 0 saturated carbocycles. The normalized spacial score (nSPS) is 13.9. The number of carbonyl (C=O) groups excluding carboxylic acids is 5. The van der Waals surface area contributed by atoms with Crippen molar-refractivity contribution in [2.24, 2.45) is 10.8 Å². The molecule has 2 rings (SSSR count). The number of nitrogens with zero attached hydrogens (tertiary/aromatic N) is 2. The van der Waals surface area contributed by atoms with Crippen LogP contribution in [0.3, 0.4) is 0 Å². The number of aliphatic hydroxyl groups excluding tert-OH is 1. The maximum Gasteiger partial charge on any atom is 0.410 e. The molecule has 0 aliphatic rings. The fourth-order valence-corrected chi connectivity index (χ4v) is 4.85. The number of hydrogen-bond acceptors (Lipinski definition) is 12. The van der Waals surface area contributed by atoms with E-state index < -0.39 is 71.6 Å². The number of hydrogen-bond donors (Lipinski definition) is 2. The molecule has 0 unspecified atom stereocenters. The van der Waals surface area contributed by atoms with E-state index in [1.165, 1.54) is 32.8 Å². The van der Waals surface area contributed by atoms with Crippen molar-refractivity contribution in [3.05, 3.63) is 71.8 Å². The van der Waals surface area contributed by atoms with Crippen molar-refractivity contribution in [1.29, 1.82) is 0 Å². The van der Waals surface area contributed by atoms with Crippen molar-refractivity contribution < 1.29 is 78.9 Å². The Balaban J connectivity index is -0.000000140. The summed E-state index contributed by atoms with van der Waals surface area (Å²) >= 11 is 0. The van der Waals surface area contributed by atoms with E-state index in [1.54, 1.807) is 41.5 Å². The predicted octanol–water partition coefficient (Wildman–Crippen LogP) is 10.3. The molecular formula is C47H88N2O13. The van der Waals surface area contributed by atoms with Crippen LogP contribution in [0.2, 0.25) is 0 Å². The Labute approximate surface area is 387 Å². The highest BCUT2D eigenvalue weighted by Crippen LogP contribution is 2.26. The van der Waals surface area contributed by atoms with Crippen LogP contribution < -0.4 is 0 Å². The molecule has 2 aromatic rings. The number of likely N-dealkylation sites (N-methyl/N-ethyl adjacent to an activating group) is 2. The summed E-state index contributed by atoms with van der Waals surface area (Å²) in [6.45, 7) is 25.3. The van der Waals surface area contributed by atoms with Gasteiger partial charge in [-0.15, -0.1) is 0 Å². The summed E-state index contributed by atoms with van der Waals surface area (Å²) in [6.07, 6.45) is -2.68. The second-order valence-electron chi connectivity index (χ2n) is 19.0. The first-order chi connectivity index (χ1) is 32.7. The smallest absolute Gasteiger partial charge is 0.410 e. The molecule has 4 atom stereocenters. The third-order valence-corrected chi connectivity index (χ3v) is 7.88. The molecule has 15 heteroatoms. The molecule has 2 aromatic carbocycles. The van der Waals surface area contributed by atoms with E-state index in [2.05, 4.69) is 0 Å². The topological polar surface area (TPSA) is 196 Å². The monoisotopic (exact) mass is 900 g/mol. The average molecular weight is 900 g/mol. The molecule has 2 N–H and O–H groups in total. The highest BCUT2D eigenvalue weighted by Gasteiger charge is 2.37. The van der Waals surface area contributed by atoms with Gasteiger partial charge in [0.2, 0.25) is 0 Å². The van der Waals surface area contributed by atoms with Crippen molar-refractivity contribution >= 4 is 36.1 Å². The highest BCUT2D eigenvalue weighted by molar-refractivity contribution is 5.84. The maximum absolute atomic E-state index is 12.8. The Bertz CT molecular complexity index is 1710. The van der Waals surface area contributed by atoms with Crippen LogP contribution in [0, 0.1) is 10.8 Å². The zero-order valence-corrected chi connectivity index (χ0v) is 39.2. The number of aliphatic hydroxyl groups is 1. The lowest BCUT2D eigenvalue weighted by Gasteiger charge is -2.33. The van der Waals surface area contributed by atoms with Crippen LogP contribution in [0.25, 0.3) is 0 Å². The van der Waals surface area contributed by atoms with Crippen LogP contribution >= 0.6 is 0 Å². The minimum atomic E-state index is -1.10. The molecule has 15 nitrogen and oxygen atoms in total. The number of carboxylic acid groups (broad SMARTS) is 1. The quantitative estimate of drug-likeness (QED) is 0.142. The summed E-state index contributed by atoms with van der Waals surface area (Å²) in [4.78, 5) is 73.9. The summed E-state index contributed by atoms with van der Waals surface area (Å²) in [6, 6.07) is 16.8. The number of amides is 2. The summed E-state index contributed by atoms with van der Waals surface area (Å²) in [5.74, 6) is -2.94. The van der Waals surface area contributed by atoms with E-state index >= 15 is 0 Å². The van der Waals surface area contributed by atoms with Gasteiger partial charge in [0.1, 0.15) is 42.6 Å². The molecule has 0 fully saturated rings. The van der Waals surface area contributed by atoms with Gasteiger partial charge in [-0.05, 0) is 90.2 Å². The van der Waals surface area contributed by atoms with Crippen LogP contribution in [0.1, 0.15) is 145 Å². The second kappa shape index (κ2) is 26.3. The Hall–Kier alpha value is -5.18. The number of benzene rings is 2. The average Bonchev–Trinajstić information content (AvgIpc) is 3.30. The van der Waals surface area contributed by atoms with Crippen molar-refractivity contribution in [3.8, 4) is 0 Å². The molecule has 0 aliphatic carbocycles. The van der Waals surface area contributed by atoms with E-state index in [0.717, 1.165) is 16.0 Å². The van der Waals surface area contributed by atoms with Gasteiger partial charge in [-0.1, -0.05) is 110 Å². The molecule has 0 spiro atoms. The lowest BCUT2D eigenvalue weighted by atomic mass is 9.87. The van der Waals surface area contributed by atoms with E-state index in [1.807, 2.05) is 102 Å². The van der Waals surface area contributed by atoms with Crippen LogP contribution in [-0.4, -0.2) is 106 Å². The third-order valence-electron chi connectivity index (χ3n) is 7.88. The van der Waals surface area contributed by atoms with Gasteiger partial charge in [0.15, 0.2) is 6.10 Å². The van der Waals surface area contributed by atoms with Gasteiger partial charge in [-0.25, -0.2) is 28.8 Å². The number of carbonyl (C=O) groups is 6. The summed E-state index contributed by atoms with van der Waals surface area (Å²) in [7, 11) is 2.95. The highest BCUT2D eigenvalue weighted by atomic mass is 16.6. The molecule has 0 heterocycles. The summed E-state index contributed by atoms with van der Waals surface area (Å²) < 4.78 is 75.9. The number of ether oxygens (including phenoxy) is 5. The minimum Gasteiger partial charge on any atom is -0.480 e. The Kier molecular flexibility index (Phi) is 21.0. The zero-order valence-electron chi connectivity index (χ0n) is 49.2. The Morgan fingerprint density at radius 3 is 1.26 bits per heavy atom. The van der Waals surface area contributed by atoms with Crippen molar-refractivity contribution in [2.45, 2.75) is 166 Å². The molecule has 0 saturated heterocycles. The van der Waals surface area contributed by atoms with E-state index in [9.17, 15) is 33.9 Å². The Morgan fingerprint density at radius 1 is 0.597 bits per heavy atom. The third kappa shape index (κ3) is 26.9. The molecule has 0 aromatic heterocycles. The molecule has 0 aliphatic heterocycles. The van der Waals surface area contributed by atoms with Gasteiger partial charge in [-0.3, -0.25) is 9.80 Å². The molecule has 62 heavy (non-hydrogen) atoms. The van der Waals surface area contributed by atoms with Gasteiger partial charge < -0.3 is 33.9 Å². The van der Waals surface area contributed by atoms with Gasteiger partial charge in [-0.2, -0.15) is 0 Å². The molecule has 2 amide bonds. The largest absolute Gasteiger partial charge is 0.480 e. The molecule has 0 radical (unpaired) electrons. The Morgan fingerprint density at radius 2 is 0.935 bits per heavy atom. The maximum atomic E-state index is 12.8. The van der Waals surface area contributed by atoms with E-state index in [0.29, 0.717) is 12.8 Å². The first-order valence-corrected chi connectivity index (χ1v) is 20.2. The van der Waals surface area contributed by atoms with Crippen LogP contribution in [0.5, 0.6) is 0 Å². The van der Waals surface area contributed by atoms with Crippen molar-refractivity contribution in [2.75, 3.05) is 14.1 Å². The van der Waals surface area contributed by atoms with Crippen molar-refractivity contribution in [1.82, 2.24) is 9.80 Å². The number of esters is 3. The number of carboxylic acids is 1. The lowest BCUT2D eigenvalue weighted by molar-refractivity contribution is -0.170. The van der Waals surface area contributed by atoms with Crippen molar-refractivity contribution in [3.63, 3.8) is 0 Å². The first kappa shape index (κ1) is 49.5. The summed E-state index contributed by atoms with van der Waals surface area (Å²) in [5.41, 5.74) is -0.0288. The first-order valence-electron chi connectivity index (χ1n) is 25.2. The fraction of sp³-hybridized carbons (Fsp3) is 0.617. The van der Waals surface area contributed by atoms with E-state index in [-0.39, 0.29) is 32.9 Å². The predicted molar refractivity (Wildman–Crippen MR) is 250 cm³/mol. The molecule has 364 valence electrons. The minimum absolute atomic E-state index is 0. The SMILES string of the molecule is C.CN(C(=O)OC(C)(C)C)[C@@H](CC(C)(C)C)C(=O)O.C[C@@H](OC(=O)[C@H](CC(C)(C)C)N(C)C(=O)OC(C)(C)C)C(=O)OCc1ccccc1.C[C@H](O)C(=O)OCc1ccccc1.[2HH].[2H][2H].[2H][2H].[2H][2H].[2H][2H].[2H][2H]. The summed E-state index contributed by atoms with van der Waals surface area (Å²) in [5, 5.41) is 18.0. The fourth-order valence-electron chi connectivity index (χ4n) is 4.85. The van der Waals surface area contributed by atoms with Gasteiger partial charge in [0.05, 0.1) is 0 Å². The van der Waals surface area contributed by atoms with E-state index in [4.69, 9.17) is 43.6 Å². The zero-order chi connectivity index (χ0) is 57.5. The number of rotatable bonds is 13. The van der Waals surface area contributed by atoms with Gasteiger partial charge in [0.25, 0.3) is 0 Å². The molecular weight excluding hydrogens is 801 g/mol. The molecule has 0 bridgehead atoms. The van der Waals surface area contributed by atoms with Gasteiger partial charge >= 0.3 is 36.1 Å². The van der Waals surface area contributed by atoms with Crippen LogP contribution in [0.4, 0.5) is 9.59 Å². The lowest BCUT2D eigenvalue weighted by Crippen LogP contribution is -2.48. The van der Waals surface area contributed by atoms with Crippen LogP contribution in [-0.2, 0) is 56.1 Å². The second-order valence-corrected chi connectivity index (χ2v) is 19.0. The number of aliphatic carboxylic acids is 1. The van der Waals surface area contributed by atoms with Gasteiger partial charge in [0, 0.05) is 30.4 Å². The van der Waals surface area contributed by atoms with Crippen LogP contribution in [0.15, 0.2) is 60.7 Å².